The molecule has 0 bridgehead atoms. The predicted molar refractivity (Wildman–Crippen MR) is 139 cm³/mol. The molecule has 1 aliphatic rings. The van der Waals surface area contributed by atoms with Crippen molar-refractivity contribution in [2.45, 2.75) is 39.2 Å². The van der Waals surface area contributed by atoms with E-state index in [2.05, 4.69) is 16.0 Å². The monoisotopic (exact) mass is 488 g/mol. The summed E-state index contributed by atoms with van der Waals surface area (Å²) in [6, 6.07) is 17.3. The van der Waals surface area contributed by atoms with Gasteiger partial charge in [0, 0.05) is 37.5 Å². The van der Waals surface area contributed by atoms with E-state index in [4.69, 9.17) is 10.1 Å². The van der Waals surface area contributed by atoms with Crippen LogP contribution in [0.1, 0.15) is 48.5 Å². The van der Waals surface area contributed by atoms with Crippen molar-refractivity contribution in [3.63, 3.8) is 0 Å². The van der Waals surface area contributed by atoms with Crippen molar-refractivity contribution in [2.24, 2.45) is 11.8 Å². The maximum atomic E-state index is 13.3. The number of pyridine rings is 1. The molecule has 36 heavy (non-hydrogen) atoms. The SMILES string of the molecule is CC(=O)NCc1cccc(-c2cc(C(=O)NCC3CCC(CNC(=O)O)CC3)c3ccccc3n2)c1. The van der Waals surface area contributed by atoms with Crippen molar-refractivity contribution < 1.29 is 19.5 Å². The summed E-state index contributed by atoms with van der Waals surface area (Å²) in [5.74, 6) is 0.529. The van der Waals surface area contributed by atoms with E-state index >= 15 is 0 Å². The van der Waals surface area contributed by atoms with E-state index in [9.17, 15) is 14.4 Å². The first-order valence-corrected chi connectivity index (χ1v) is 12.4. The van der Waals surface area contributed by atoms with Gasteiger partial charge in [-0.1, -0.05) is 36.4 Å². The van der Waals surface area contributed by atoms with Gasteiger partial charge in [0.25, 0.3) is 5.91 Å². The van der Waals surface area contributed by atoms with E-state index in [1.807, 2.05) is 54.6 Å². The third-order valence-electron chi connectivity index (χ3n) is 6.78. The van der Waals surface area contributed by atoms with Crippen LogP contribution < -0.4 is 16.0 Å². The van der Waals surface area contributed by atoms with Crippen LogP contribution in [0.5, 0.6) is 0 Å². The van der Waals surface area contributed by atoms with Crippen molar-refractivity contribution >= 4 is 28.8 Å². The van der Waals surface area contributed by atoms with Crippen LogP contribution in [0.15, 0.2) is 54.6 Å². The fraction of sp³-hybridized carbons (Fsp3) is 0.357. The molecule has 1 fully saturated rings. The number of carbonyl (C=O) groups is 3. The van der Waals surface area contributed by atoms with Gasteiger partial charge in [0.05, 0.1) is 16.8 Å². The van der Waals surface area contributed by atoms with E-state index in [0.717, 1.165) is 47.7 Å². The van der Waals surface area contributed by atoms with Gasteiger partial charge in [-0.3, -0.25) is 9.59 Å². The summed E-state index contributed by atoms with van der Waals surface area (Å²) in [5, 5.41) is 18.0. The van der Waals surface area contributed by atoms with Crippen LogP contribution >= 0.6 is 0 Å². The van der Waals surface area contributed by atoms with Gasteiger partial charge in [-0.05, 0) is 61.3 Å². The first kappa shape index (κ1) is 25.2. The summed E-state index contributed by atoms with van der Waals surface area (Å²) in [4.78, 5) is 40.1. The van der Waals surface area contributed by atoms with E-state index < -0.39 is 6.09 Å². The second-order valence-corrected chi connectivity index (χ2v) is 9.47. The summed E-state index contributed by atoms with van der Waals surface area (Å²) >= 11 is 0. The average Bonchev–Trinajstić information content (AvgIpc) is 2.89. The lowest BCUT2D eigenvalue weighted by atomic mass is 9.82. The van der Waals surface area contributed by atoms with Gasteiger partial charge < -0.3 is 21.1 Å². The molecule has 0 atom stereocenters. The summed E-state index contributed by atoms with van der Waals surface area (Å²) in [5.41, 5.74) is 3.87. The molecule has 8 nitrogen and oxygen atoms in total. The van der Waals surface area contributed by atoms with Crippen molar-refractivity contribution in [3.05, 3.63) is 65.7 Å². The second kappa shape index (κ2) is 11.7. The Kier molecular flexibility index (Phi) is 8.15. The highest BCUT2D eigenvalue weighted by molar-refractivity contribution is 6.07. The minimum Gasteiger partial charge on any atom is -0.465 e. The van der Waals surface area contributed by atoms with Crippen LogP contribution in [0.25, 0.3) is 22.2 Å². The van der Waals surface area contributed by atoms with Crippen molar-refractivity contribution in [2.75, 3.05) is 13.1 Å². The number of nitrogens with one attached hydrogen (secondary N) is 3. The molecule has 2 aromatic carbocycles. The third kappa shape index (κ3) is 6.59. The van der Waals surface area contributed by atoms with Crippen LogP contribution in [0, 0.1) is 11.8 Å². The maximum Gasteiger partial charge on any atom is 0.404 e. The third-order valence-corrected chi connectivity index (χ3v) is 6.78. The topological polar surface area (TPSA) is 120 Å². The Labute approximate surface area is 210 Å². The van der Waals surface area contributed by atoms with Gasteiger partial charge in [0.15, 0.2) is 0 Å². The molecule has 0 unspecified atom stereocenters. The number of amides is 3. The smallest absolute Gasteiger partial charge is 0.404 e. The number of hydrogen-bond acceptors (Lipinski definition) is 4. The average molecular weight is 489 g/mol. The highest BCUT2D eigenvalue weighted by atomic mass is 16.4. The predicted octanol–water partition coefficient (Wildman–Crippen LogP) is 4.34. The van der Waals surface area contributed by atoms with Crippen LogP contribution in [0.3, 0.4) is 0 Å². The number of rotatable bonds is 8. The Morgan fingerprint density at radius 2 is 1.58 bits per heavy atom. The van der Waals surface area contributed by atoms with E-state index in [0.29, 0.717) is 42.7 Å². The summed E-state index contributed by atoms with van der Waals surface area (Å²) in [6.07, 6.45) is 2.87. The van der Waals surface area contributed by atoms with Gasteiger partial charge in [-0.2, -0.15) is 0 Å². The zero-order valence-corrected chi connectivity index (χ0v) is 20.4. The first-order valence-electron chi connectivity index (χ1n) is 12.4. The molecule has 188 valence electrons. The minimum absolute atomic E-state index is 0.0893. The molecule has 3 amide bonds. The Morgan fingerprint density at radius 3 is 2.28 bits per heavy atom. The summed E-state index contributed by atoms with van der Waals surface area (Å²) in [7, 11) is 0. The molecule has 8 heteroatoms. The highest BCUT2D eigenvalue weighted by Crippen LogP contribution is 2.29. The van der Waals surface area contributed by atoms with Gasteiger partial charge in [-0.15, -0.1) is 0 Å². The fourth-order valence-electron chi connectivity index (χ4n) is 4.78. The molecule has 1 aromatic heterocycles. The largest absolute Gasteiger partial charge is 0.465 e. The first-order chi connectivity index (χ1) is 17.4. The Balaban J connectivity index is 1.47. The van der Waals surface area contributed by atoms with Gasteiger partial charge in [0.1, 0.15) is 0 Å². The van der Waals surface area contributed by atoms with E-state index in [-0.39, 0.29) is 11.8 Å². The number of benzene rings is 2. The van der Waals surface area contributed by atoms with Crippen molar-refractivity contribution in [3.8, 4) is 11.3 Å². The quantitative estimate of drug-likeness (QED) is 0.376. The molecule has 4 N–H and O–H groups in total. The van der Waals surface area contributed by atoms with Crippen LogP contribution in [-0.2, 0) is 11.3 Å². The molecule has 3 aromatic rings. The van der Waals surface area contributed by atoms with Gasteiger partial charge >= 0.3 is 6.09 Å². The Hall–Kier alpha value is -3.94. The van der Waals surface area contributed by atoms with Crippen LogP contribution in [-0.4, -0.2) is 41.1 Å². The number of carboxylic acid groups (broad SMARTS) is 1. The molecule has 1 saturated carbocycles. The van der Waals surface area contributed by atoms with Crippen molar-refractivity contribution in [1.29, 1.82) is 0 Å². The number of aromatic nitrogens is 1. The molecule has 0 aliphatic heterocycles. The molecule has 0 spiro atoms. The number of nitrogens with zero attached hydrogens (tertiary/aromatic N) is 1. The van der Waals surface area contributed by atoms with Crippen molar-refractivity contribution in [1.82, 2.24) is 20.9 Å². The number of fused-ring (bicyclic) bond motifs is 1. The Bertz CT molecular complexity index is 1250. The lowest BCUT2D eigenvalue weighted by molar-refractivity contribution is -0.119. The molecule has 0 radical (unpaired) electrons. The van der Waals surface area contributed by atoms with E-state index in [1.54, 1.807) is 0 Å². The maximum absolute atomic E-state index is 13.3. The summed E-state index contributed by atoms with van der Waals surface area (Å²) < 4.78 is 0. The normalized spacial score (nSPS) is 17.4. The highest BCUT2D eigenvalue weighted by Gasteiger charge is 2.23. The molecule has 0 saturated heterocycles. The van der Waals surface area contributed by atoms with Crippen LogP contribution in [0.4, 0.5) is 4.79 Å². The zero-order chi connectivity index (χ0) is 25.5. The molecule has 1 heterocycles. The molecule has 1 aliphatic carbocycles. The standard InChI is InChI=1S/C28H32N4O4/c1-18(33)29-17-21-5-4-6-22(13-21)26-14-24(23-7-2-3-8-25(23)32-26)27(34)30-15-19-9-11-20(12-10-19)16-31-28(35)36/h2-8,13-14,19-20,31H,9-12,15-17H2,1H3,(H,29,33)(H,30,34)(H,35,36). The zero-order valence-electron chi connectivity index (χ0n) is 20.4. The lowest BCUT2D eigenvalue weighted by Crippen LogP contribution is -2.34. The number of carbonyl (C=O) groups excluding carboxylic acids is 2. The van der Waals surface area contributed by atoms with Crippen LogP contribution in [0.2, 0.25) is 0 Å². The lowest BCUT2D eigenvalue weighted by Gasteiger charge is -2.28. The molecular formula is C28H32N4O4. The summed E-state index contributed by atoms with van der Waals surface area (Å²) in [6.45, 7) is 3.00. The second-order valence-electron chi connectivity index (χ2n) is 9.47. The Morgan fingerprint density at radius 1 is 0.889 bits per heavy atom. The van der Waals surface area contributed by atoms with Gasteiger partial charge in [-0.25, -0.2) is 9.78 Å². The van der Waals surface area contributed by atoms with E-state index in [1.165, 1.54) is 6.92 Å². The molecule has 4 rings (SSSR count). The number of hydrogen-bond donors (Lipinski definition) is 4. The van der Waals surface area contributed by atoms with Gasteiger partial charge in [0.2, 0.25) is 5.91 Å². The minimum atomic E-state index is -0.979. The molecular weight excluding hydrogens is 456 g/mol. The fourth-order valence-corrected chi connectivity index (χ4v) is 4.78. The number of para-hydroxylation sites is 1.